The Labute approximate surface area is 125 Å². The van der Waals surface area contributed by atoms with Gasteiger partial charge in [-0.05, 0) is 50.8 Å². The van der Waals surface area contributed by atoms with Crippen LogP contribution in [0.4, 0.5) is 0 Å². The predicted octanol–water partition coefficient (Wildman–Crippen LogP) is 3.49. The first-order chi connectivity index (χ1) is 10.1. The molecule has 3 rings (SSSR count). The molecule has 0 spiro atoms. The summed E-state index contributed by atoms with van der Waals surface area (Å²) < 4.78 is 2.13. The fraction of sp³-hybridized carbons (Fsp3) is 0.529. The zero-order chi connectivity index (χ0) is 15.0. The van der Waals surface area contributed by atoms with Gasteiger partial charge in [0.15, 0.2) is 0 Å². The Kier molecular flexibility index (Phi) is 3.70. The quantitative estimate of drug-likeness (QED) is 0.847. The van der Waals surface area contributed by atoms with E-state index in [1.54, 1.807) is 0 Å². The molecule has 0 radical (unpaired) electrons. The highest BCUT2D eigenvalue weighted by molar-refractivity contribution is 5.97. The number of carbonyl (C=O) groups excluding carboxylic acids is 1. The van der Waals surface area contributed by atoms with Crippen molar-refractivity contribution in [2.75, 3.05) is 13.1 Å². The van der Waals surface area contributed by atoms with Crippen molar-refractivity contribution >= 4 is 16.9 Å². The van der Waals surface area contributed by atoms with Gasteiger partial charge in [-0.15, -0.1) is 0 Å². The van der Waals surface area contributed by atoms with Crippen LogP contribution in [0.25, 0.3) is 11.0 Å². The average Bonchev–Trinajstić information content (AvgIpc) is 2.89. The van der Waals surface area contributed by atoms with Gasteiger partial charge in [-0.3, -0.25) is 4.79 Å². The van der Waals surface area contributed by atoms with E-state index in [1.165, 1.54) is 6.42 Å². The number of carbonyl (C=O) groups is 1. The lowest BCUT2D eigenvalue weighted by Crippen LogP contribution is -2.39. The largest absolute Gasteiger partial charge is 0.338 e. The second kappa shape index (κ2) is 5.51. The van der Waals surface area contributed by atoms with Crippen LogP contribution >= 0.6 is 0 Å². The molecule has 1 unspecified atom stereocenters. The number of aromatic nitrogens is 2. The van der Waals surface area contributed by atoms with Gasteiger partial charge in [0.2, 0.25) is 0 Å². The highest BCUT2D eigenvalue weighted by atomic mass is 16.2. The number of hydrogen-bond acceptors (Lipinski definition) is 2. The summed E-state index contributed by atoms with van der Waals surface area (Å²) in [6, 6.07) is 6.25. The summed E-state index contributed by atoms with van der Waals surface area (Å²) in [6.45, 7) is 8.23. The third-order valence-electron chi connectivity index (χ3n) is 4.32. The molecule has 0 N–H and O–H groups in total. The smallest absolute Gasteiger partial charge is 0.253 e. The Hall–Kier alpha value is -1.84. The molecule has 2 heterocycles. The van der Waals surface area contributed by atoms with Gasteiger partial charge in [-0.25, -0.2) is 4.98 Å². The Balaban J connectivity index is 1.88. The third-order valence-corrected chi connectivity index (χ3v) is 4.32. The summed E-state index contributed by atoms with van der Waals surface area (Å²) in [4.78, 5) is 19.0. The number of imidazole rings is 1. The number of hydrogen-bond donors (Lipinski definition) is 0. The summed E-state index contributed by atoms with van der Waals surface area (Å²) in [5.74, 6) is 0.745. The number of nitrogens with zero attached hydrogens (tertiary/aromatic N) is 3. The van der Waals surface area contributed by atoms with Crippen LogP contribution < -0.4 is 0 Å². The van der Waals surface area contributed by atoms with E-state index in [0.29, 0.717) is 12.0 Å². The van der Waals surface area contributed by atoms with Gasteiger partial charge in [0.25, 0.3) is 5.91 Å². The van der Waals surface area contributed by atoms with Gasteiger partial charge in [-0.1, -0.05) is 6.92 Å². The van der Waals surface area contributed by atoms with E-state index in [1.807, 2.05) is 29.4 Å². The minimum absolute atomic E-state index is 0.141. The Morgan fingerprint density at radius 1 is 1.38 bits per heavy atom. The zero-order valence-electron chi connectivity index (χ0n) is 13.0. The highest BCUT2D eigenvalue weighted by Crippen LogP contribution is 2.22. The van der Waals surface area contributed by atoms with Crippen LogP contribution in [-0.4, -0.2) is 33.4 Å². The molecule has 21 heavy (non-hydrogen) atoms. The normalized spacial score (nSPS) is 19.4. The second-order valence-electron chi connectivity index (χ2n) is 6.45. The van der Waals surface area contributed by atoms with Gasteiger partial charge < -0.3 is 9.47 Å². The van der Waals surface area contributed by atoms with E-state index in [0.717, 1.165) is 36.1 Å². The van der Waals surface area contributed by atoms with E-state index < -0.39 is 0 Å². The SMILES string of the molecule is CC1CCCN(C(=O)c2ccc3c(c2)ncn3C(C)C)C1. The Bertz CT molecular complexity index is 659. The summed E-state index contributed by atoms with van der Waals surface area (Å²) in [6.07, 6.45) is 4.19. The summed E-state index contributed by atoms with van der Waals surface area (Å²) in [7, 11) is 0. The van der Waals surface area contributed by atoms with E-state index in [2.05, 4.69) is 30.3 Å². The first-order valence-corrected chi connectivity index (χ1v) is 7.82. The monoisotopic (exact) mass is 285 g/mol. The lowest BCUT2D eigenvalue weighted by molar-refractivity contribution is 0.0683. The number of fused-ring (bicyclic) bond motifs is 1. The van der Waals surface area contributed by atoms with E-state index in [-0.39, 0.29) is 5.91 Å². The minimum Gasteiger partial charge on any atom is -0.338 e. The van der Waals surface area contributed by atoms with Crippen LogP contribution in [-0.2, 0) is 0 Å². The van der Waals surface area contributed by atoms with Crippen LogP contribution in [0.1, 0.15) is 50.0 Å². The lowest BCUT2D eigenvalue weighted by Gasteiger charge is -2.31. The molecule has 4 heteroatoms. The maximum absolute atomic E-state index is 12.6. The maximum atomic E-state index is 12.6. The van der Waals surface area contributed by atoms with Crippen LogP contribution in [0, 0.1) is 5.92 Å². The fourth-order valence-corrected chi connectivity index (χ4v) is 3.13. The molecule has 0 saturated carbocycles. The molecule has 1 aliphatic rings. The number of amides is 1. The average molecular weight is 285 g/mol. The third kappa shape index (κ3) is 2.67. The molecule has 1 saturated heterocycles. The van der Waals surface area contributed by atoms with Crippen LogP contribution in [0.15, 0.2) is 24.5 Å². The molecule has 1 aromatic heterocycles. The number of benzene rings is 1. The molecular formula is C17H23N3O. The zero-order valence-corrected chi connectivity index (χ0v) is 13.0. The molecular weight excluding hydrogens is 262 g/mol. The predicted molar refractivity (Wildman–Crippen MR) is 84.4 cm³/mol. The lowest BCUT2D eigenvalue weighted by atomic mass is 9.99. The second-order valence-corrected chi connectivity index (χ2v) is 6.45. The summed E-state index contributed by atoms with van der Waals surface area (Å²) in [5.41, 5.74) is 2.75. The van der Waals surface area contributed by atoms with Crippen molar-refractivity contribution < 1.29 is 4.79 Å². The van der Waals surface area contributed by atoms with Crippen molar-refractivity contribution in [2.24, 2.45) is 5.92 Å². The van der Waals surface area contributed by atoms with Crippen molar-refractivity contribution in [3.63, 3.8) is 0 Å². The van der Waals surface area contributed by atoms with Gasteiger partial charge in [0.05, 0.1) is 17.4 Å². The molecule has 1 fully saturated rings. The van der Waals surface area contributed by atoms with Crippen molar-refractivity contribution in [1.82, 2.24) is 14.5 Å². The van der Waals surface area contributed by atoms with Crippen molar-refractivity contribution in [1.29, 1.82) is 0 Å². The number of piperidine rings is 1. The molecule has 4 nitrogen and oxygen atoms in total. The molecule has 1 amide bonds. The molecule has 2 aromatic rings. The molecule has 112 valence electrons. The van der Waals surface area contributed by atoms with E-state index >= 15 is 0 Å². The number of rotatable bonds is 2. The van der Waals surface area contributed by atoms with Gasteiger partial charge in [0.1, 0.15) is 0 Å². The molecule has 1 aromatic carbocycles. The first kappa shape index (κ1) is 14.1. The van der Waals surface area contributed by atoms with Crippen molar-refractivity contribution in [2.45, 2.75) is 39.7 Å². The summed E-state index contributed by atoms with van der Waals surface area (Å²) >= 11 is 0. The van der Waals surface area contributed by atoms with E-state index in [4.69, 9.17) is 0 Å². The standard InChI is InChI=1S/C17H23N3O/c1-12(2)20-11-18-15-9-14(6-7-16(15)20)17(21)19-8-4-5-13(3)10-19/h6-7,9,11-13H,4-5,8,10H2,1-3H3. The molecule has 0 bridgehead atoms. The van der Waals surface area contributed by atoms with Gasteiger partial charge in [0, 0.05) is 24.7 Å². The Morgan fingerprint density at radius 2 is 2.19 bits per heavy atom. The van der Waals surface area contributed by atoms with Gasteiger partial charge in [-0.2, -0.15) is 0 Å². The van der Waals surface area contributed by atoms with Crippen LogP contribution in [0.3, 0.4) is 0 Å². The highest BCUT2D eigenvalue weighted by Gasteiger charge is 2.22. The minimum atomic E-state index is 0.141. The topological polar surface area (TPSA) is 38.1 Å². The molecule has 1 atom stereocenters. The van der Waals surface area contributed by atoms with Gasteiger partial charge >= 0.3 is 0 Å². The maximum Gasteiger partial charge on any atom is 0.253 e. The summed E-state index contributed by atoms with van der Waals surface area (Å²) in [5, 5.41) is 0. The van der Waals surface area contributed by atoms with E-state index in [9.17, 15) is 4.79 Å². The van der Waals surface area contributed by atoms with Crippen molar-refractivity contribution in [3.8, 4) is 0 Å². The molecule has 1 aliphatic heterocycles. The number of likely N-dealkylation sites (tertiary alicyclic amines) is 1. The van der Waals surface area contributed by atoms with Crippen LogP contribution in [0.2, 0.25) is 0 Å². The first-order valence-electron chi connectivity index (χ1n) is 7.82. The van der Waals surface area contributed by atoms with Crippen LogP contribution in [0.5, 0.6) is 0 Å². The van der Waals surface area contributed by atoms with Crippen molar-refractivity contribution in [3.05, 3.63) is 30.1 Å². The molecule has 0 aliphatic carbocycles. The fourth-order valence-electron chi connectivity index (χ4n) is 3.13. The Morgan fingerprint density at radius 3 is 2.90 bits per heavy atom.